The van der Waals surface area contributed by atoms with Crippen LogP contribution in [0, 0.1) is 0 Å². The predicted octanol–water partition coefficient (Wildman–Crippen LogP) is 2.50. The minimum absolute atomic E-state index is 0.150. The van der Waals surface area contributed by atoms with Crippen molar-refractivity contribution >= 4 is 23.6 Å². The Labute approximate surface area is 140 Å². The van der Waals surface area contributed by atoms with E-state index in [2.05, 4.69) is 5.32 Å². The molecule has 0 bridgehead atoms. The van der Waals surface area contributed by atoms with Crippen LogP contribution < -0.4 is 5.32 Å². The third-order valence-corrected chi connectivity index (χ3v) is 3.95. The second-order valence-corrected chi connectivity index (χ2v) is 5.56. The number of esters is 1. The Morgan fingerprint density at radius 3 is 2.57 bits per heavy atom. The molecule has 23 heavy (non-hydrogen) atoms. The molecule has 2 rings (SSSR count). The van der Waals surface area contributed by atoms with Gasteiger partial charge in [-0.15, -0.1) is 0 Å². The monoisotopic (exact) mass is 338 g/mol. The highest BCUT2D eigenvalue weighted by molar-refractivity contribution is 6.30. The first kappa shape index (κ1) is 17.3. The van der Waals surface area contributed by atoms with E-state index >= 15 is 0 Å². The highest BCUT2D eigenvalue weighted by atomic mass is 35.5. The first-order valence-corrected chi connectivity index (χ1v) is 7.50. The number of benzene rings is 1. The van der Waals surface area contributed by atoms with Gasteiger partial charge < -0.3 is 19.7 Å². The summed E-state index contributed by atoms with van der Waals surface area (Å²) in [6.45, 7) is 2.18. The molecule has 0 spiro atoms. The Morgan fingerprint density at radius 1 is 1.30 bits per heavy atom. The molecule has 0 radical (unpaired) electrons. The Morgan fingerprint density at radius 2 is 1.96 bits per heavy atom. The third kappa shape index (κ3) is 3.83. The second kappa shape index (κ2) is 7.48. The molecular weight excluding hydrogens is 320 g/mol. The van der Waals surface area contributed by atoms with Gasteiger partial charge in [-0.1, -0.05) is 23.7 Å². The lowest BCUT2D eigenvalue weighted by Crippen LogP contribution is -2.46. The Kier molecular flexibility index (Phi) is 5.63. The van der Waals surface area contributed by atoms with Crippen LogP contribution in [0.1, 0.15) is 18.5 Å². The van der Waals surface area contributed by atoms with Crippen molar-refractivity contribution in [2.75, 3.05) is 27.4 Å². The van der Waals surface area contributed by atoms with E-state index in [0.29, 0.717) is 22.9 Å². The van der Waals surface area contributed by atoms with Gasteiger partial charge in [-0.05, 0) is 24.6 Å². The number of carbonyl (C=O) groups excluding carboxylic acids is 2. The second-order valence-electron chi connectivity index (χ2n) is 5.12. The number of urea groups is 1. The zero-order valence-corrected chi connectivity index (χ0v) is 14.0. The summed E-state index contributed by atoms with van der Waals surface area (Å²) in [6, 6.07) is 6.11. The maximum Gasteiger partial charge on any atom is 0.338 e. The fraction of sp³-hybridized carbons (Fsp3) is 0.375. The van der Waals surface area contributed by atoms with Gasteiger partial charge >= 0.3 is 12.0 Å². The largest absolute Gasteiger partial charge is 0.460 e. The van der Waals surface area contributed by atoms with Gasteiger partial charge in [0.15, 0.2) is 0 Å². The van der Waals surface area contributed by atoms with Crippen LogP contribution in [0.15, 0.2) is 35.5 Å². The molecule has 0 aromatic heterocycles. The molecule has 1 aliphatic rings. The number of nitrogens with one attached hydrogen (secondary N) is 1. The quantitative estimate of drug-likeness (QED) is 0.661. The van der Waals surface area contributed by atoms with Gasteiger partial charge in [0.1, 0.15) is 6.61 Å². The van der Waals surface area contributed by atoms with Crippen LogP contribution >= 0.6 is 11.6 Å². The molecule has 1 aliphatic heterocycles. The summed E-state index contributed by atoms with van der Waals surface area (Å²) in [4.78, 5) is 25.9. The van der Waals surface area contributed by atoms with E-state index in [-0.39, 0.29) is 12.6 Å². The van der Waals surface area contributed by atoms with Crippen molar-refractivity contribution in [1.29, 1.82) is 0 Å². The van der Waals surface area contributed by atoms with E-state index in [1.807, 2.05) is 0 Å². The van der Waals surface area contributed by atoms with Crippen molar-refractivity contribution < 1.29 is 19.1 Å². The van der Waals surface area contributed by atoms with Crippen LogP contribution in [0.4, 0.5) is 4.79 Å². The van der Waals surface area contributed by atoms with Crippen LogP contribution in [-0.2, 0) is 14.3 Å². The standard InChI is InChI=1S/C16H19ClN2O4/c1-10-13(15(20)23-9-8-22-3)14(18-16(21)19(10)2)11-4-6-12(17)7-5-11/h4-7,14H,8-9H2,1-3H3,(H,18,21). The molecule has 124 valence electrons. The Balaban J connectivity index is 2.35. The van der Waals surface area contributed by atoms with Gasteiger partial charge in [0.05, 0.1) is 18.2 Å². The molecule has 0 aliphatic carbocycles. The van der Waals surface area contributed by atoms with Gasteiger partial charge in [0.2, 0.25) is 0 Å². The molecule has 0 fully saturated rings. The van der Waals surface area contributed by atoms with E-state index in [9.17, 15) is 9.59 Å². The van der Waals surface area contributed by atoms with Gasteiger partial charge in [-0.25, -0.2) is 9.59 Å². The van der Waals surface area contributed by atoms with Crippen LogP contribution in [0.25, 0.3) is 0 Å². The number of nitrogens with zero attached hydrogens (tertiary/aromatic N) is 1. The van der Waals surface area contributed by atoms with Crippen molar-refractivity contribution in [3.05, 3.63) is 46.1 Å². The minimum atomic E-state index is -0.578. The maximum absolute atomic E-state index is 12.4. The molecule has 1 heterocycles. The number of allylic oxidation sites excluding steroid dienone is 1. The highest BCUT2D eigenvalue weighted by Gasteiger charge is 2.34. The smallest absolute Gasteiger partial charge is 0.338 e. The zero-order chi connectivity index (χ0) is 17.0. The van der Waals surface area contributed by atoms with E-state index in [1.54, 1.807) is 38.2 Å². The molecule has 1 aromatic rings. The number of amides is 2. The topological polar surface area (TPSA) is 67.9 Å². The van der Waals surface area contributed by atoms with E-state index < -0.39 is 12.0 Å². The fourth-order valence-corrected chi connectivity index (χ4v) is 2.43. The normalized spacial score (nSPS) is 18.0. The highest BCUT2D eigenvalue weighted by Crippen LogP contribution is 2.31. The number of halogens is 1. The first-order valence-electron chi connectivity index (χ1n) is 7.12. The Bertz CT molecular complexity index is 627. The zero-order valence-electron chi connectivity index (χ0n) is 13.3. The average molecular weight is 339 g/mol. The number of methoxy groups -OCH3 is 1. The summed E-state index contributed by atoms with van der Waals surface area (Å²) in [5.41, 5.74) is 1.70. The van der Waals surface area contributed by atoms with E-state index in [1.165, 1.54) is 12.0 Å². The molecule has 1 N–H and O–H groups in total. The summed E-state index contributed by atoms with van der Waals surface area (Å²) in [5, 5.41) is 3.39. The van der Waals surface area contributed by atoms with Gasteiger partial charge in [0.25, 0.3) is 0 Å². The average Bonchev–Trinajstić information content (AvgIpc) is 2.53. The molecule has 1 unspecified atom stereocenters. The molecule has 0 saturated heterocycles. The van der Waals surface area contributed by atoms with Crippen LogP contribution in [0.2, 0.25) is 5.02 Å². The molecule has 1 atom stereocenters. The number of hydrogen-bond donors (Lipinski definition) is 1. The third-order valence-electron chi connectivity index (χ3n) is 3.70. The van der Waals surface area contributed by atoms with Crippen LogP contribution in [0.5, 0.6) is 0 Å². The molecule has 6 nitrogen and oxygen atoms in total. The number of carbonyl (C=O) groups is 2. The molecule has 2 amide bonds. The molecule has 0 saturated carbocycles. The molecule has 7 heteroatoms. The Hall–Kier alpha value is -2.05. The lowest BCUT2D eigenvalue weighted by atomic mass is 9.95. The van der Waals surface area contributed by atoms with Crippen molar-refractivity contribution in [2.24, 2.45) is 0 Å². The summed E-state index contributed by atoms with van der Waals surface area (Å²) in [5.74, 6) is -0.480. The van der Waals surface area contributed by atoms with Crippen molar-refractivity contribution in [2.45, 2.75) is 13.0 Å². The lowest BCUT2D eigenvalue weighted by Gasteiger charge is -2.33. The summed E-state index contributed by atoms with van der Waals surface area (Å²) >= 11 is 5.90. The number of hydrogen-bond acceptors (Lipinski definition) is 4. The van der Waals surface area contributed by atoms with Gasteiger partial charge in [-0.2, -0.15) is 0 Å². The maximum atomic E-state index is 12.4. The number of rotatable bonds is 5. The van der Waals surface area contributed by atoms with Gasteiger partial charge in [0, 0.05) is 24.9 Å². The SMILES string of the molecule is COCCOC(=O)C1=C(C)N(C)C(=O)NC1c1ccc(Cl)cc1. The number of ether oxygens (including phenoxy) is 2. The summed E-state index contributed by atoms with van der Waals surface area (Å²) in [6.07, 6.45) is 0. The first-order chi connectivity index (χ1) is 11.0. The molecular formula is C16H19ClN2O4. The van der Waals surface area contributed by atoms with E-state index in [4.69, 9.17) is 21.1 Å². The predicted molar refractivity (Wildman–Crippen MR) is 86.0 cm³/mol. The van der Waals surface area contributed by atoms with Crippen molar-refractivity contribution in [3.63, 3.8) is 0 Å². The van der Waals surface area contributed by atoms with Crippen LogP contribution in [0.3, 0.4) is 0 Å². The van der Waals surface area contributed by atoms with E-state index in [0.717, 1.165) is 5.56 Å². The fourth-order valence-electron chi connectivity index (χ4n) is 2.30. The molecule has 1 aromatic carbocycles. The van der Waals surface area contributed by atoms with Crippen molar-refractivity contribution in [3.8, 4) is 0 Å². The van der Waals surface area contributed by atoms with Crippen molar-refractivity contribution in [1.82, 2.24) is 10.2 Å². The summed E-state index contributed by atoms with van der Waals surface area (Å²) < 4.78 is 10.1. The van der Waals surface area contributed by atoms with Gasteiger partial charge in [-0.3, -0.25) is 0 Å². The lowest BCUT2D eigenvalue weighted by molar-refractivity contribution is -0.140. The minimum Gasteiger partial charge on any atom is -0.460 e. The van der Waals surface area contributed by atoms with Crippen LogP contribution in [-0.4, -0.2) is 44.3 Å². The summed E-state index contributed by atoms with van der Waals surface area (Å²) in [7, 11) is 3.13.